The van der Waals surface area contributed by atoms with Crippen LogP contribution in [0.1, 0.15) is 19.3 Å². The van der Waals surface area contributed by atoms with Crippen LogP contribution >= 0.6 is 0 Å². The van der Waals surface area contributed by atoms with Gasteiger partial charge >= 0.3 is 0 Å². The fourth-order valence-corrected chi connectivity index (χ4v) is 1.61. The molecule has 2 aromatic rings. The lowest BCUT2D eigenvalue weighted by Gasteiger charge is -2.05. The number of fused-ring (bicyclic) bond motifs is 1. The molecule has 0 unspecified atom stereocenters. The third-order valence-corrected chi connectivity index (χ3v) is 2.66. The van der Waals surface area contributed by atoms with Gasteiger partial charge in [0.25, 0.3) is 0 Å². The summed E-state index contributed by atoms with van der Waals surface area (Å²) < 4.78 is 1.67. The van der Waals surface area contributed by atoms with Gasteiger partial charge in [-0.1, -0.05) is 12.8 Å². The van der Waals surface area contributed by atoms with Crippen LogP contribution in [-0.2, 0) is 0 Å². The summed E-state index contributed by atoms with van der Waals surface area (Å²) in [5, 5.41) is 14.6. The number of nitrogens with one attached hydrogen (secondary N) is 1. The van der Waals surface area contributed by atoms with Gasteiger partial charge in [-0.05, 0) is 22.8 Å². The van der Waals surface area contributed by atoms with E-state index in [9.17, 15) is 0 Å². The smallest absolute Gasteiger partial charge is 0.199 e. The molecule has 6 heteroatoms. The quantitative estimate of drug-likeness (QED) is 0.795. The minimum absolute atomic E-state index is 0.673. The van der Waals surface area contributed by atoms with E-state index < -0.39 is 0 Å². The van der Waals surface area contributed by atoms with Crippen LogP contribution < -0.4 is 5.32 Å². The maximum Gasteiger partial charge on any atom is 0.199 e. The van der Waals surface area contributed by atoms with Crippen LogP contribution in [0.5, 0.6) is 0 Å². The fraction of sp³-hybridized carbons (Fsp3) is 0.556. The molecule has 0 amide bonds. The number of anilines is 1. The highest BCUT2D eigenvalue weighted by Crippen LogP contribution is 2.31. The van der Waals surface area contributed by atoms with Crippen LogP contribution in [0.15, 0.2) is 12.4 Å². The molecule has 1 saturated carbocycles. The lowest BCUT2D eigenvalue weighted by molar-refractivity contribution is 0.749. The van der Waals surface area contributed by atoms with E-state index >= 15 is 0 Å². The van der Waals surface area contributed by atoms with Crippen molar-refractivity contribution in [3.8, 4) is 0 Å². The lowest BCUT2D eigenvalue weighted by Crippen LogP contribution is -2.07. The molecule has 0 radical (unpaired) electrons. The third-order valence-electron chi connectivity index (χ3n) is 2.66. The summed E-state index contributed by atoms with van der Waals surface area (Å²) >= 11 is 0. The van der Waals surface area contributed by atoms with Crippen molar-refractivity contribution in [3.05, 3.63) is 12.4 Å². The number of nitrogens with zero attached hydrogens (tertiary/aromatic N) is 5. The molecule has 3 rings (SSSR count). The standard InChI is InChI=1S/C9H12N6/c1-2-7(1)3-4-11-8-5-10-6-9-12-13-14-15(8)9/h5-7,11H,1-4H2. The first-order chi connectivity index (χ1) is 7.43. The summed E-state index contributed by atoms with van der Waals surface area (Å²) in [4.78, 5) is 4.07. The van der Waals surface area contributed by atoms with Gasteiger partial charge < -0.3 is 5.32 Å². The van der Waals surface area contributed by atoms with Gasteiger partial charge in [0.1, 0.15) is 5.82 Å². The Morgan fingerprint density at radius 1 is 1.40 bits per heavy atom. The van der Waals surface area contributed by atoms with Crippen molar-refractivity contribution < 1.29 is 0 Å². The fourth-order valence-electron chi connectivity index (χ4n) is 1.61. The zero-order chi connectivity index (χ0) is 10.1. The molecular weight excluding hydrogens is 192 g/mol. The van der Waals surface area contributed by atoms with E-state index in [1.807, 2.05) is 0 Å². The van der Waals surface area contributed by atoms with E-state index in [4.69, 9.17) is 0 Å². The summed E-state index contributed by atoms with van der Waals surface area (Å²) in [5.41, 5.74) is 0.673. The summed E-state index contributed by atoms with van der Waals surface area (Å²) in [6, 6.07) is 0. The number of rotatable bonds is 4. The summed E-state index contributed by atoms with van der Waals surface area (Å²) in [5.74, 6) is 1.79. The SMILES string of the molecule is c1ncc2nnnn2c1NCCC1CC1. The monoisotopic (exact) mass is 204 g/mol. The minimum atomic E-state index is 0.673. The molecule has 2 aromatic heterocycles. The Morgan fingerprint density at radius 3 is 3.20 bits per heavy atom. The van der Waals surface area contributed by atoms with Crippen molar-refractivity contribution in [3.63, 3.8) is 0 Å². The Balaban J connectivity index is 1.74. The highest BCUT2D eigenvalue weighted by molar-refractivity contribution is 5.43. The van der Waals surface area contributed by atoms with Crippen LogP contribution in [0.25, 0.3) is 5.65 Å². The van der Waals surface area contributed by atoms with Crippen molar-refractivity contribution in [1.82, 2.24) is 25.0 Å². The van der Waals surface area contributed by atoms with Crippen LogP contribution in [-0.4, -0.2) is 31.6 Å². The van der Waals surface area contributed by atoms with Gasteiger partial charge in [0.05, 0.1) is 12.4 Å². The molecule has 6 nitrogen and oxygen atoms in total. The topological polar surface area (TPSA) is 68.0 Å². The normalized spacial score (nSPS) is 15.7. The zero-order valence-electron chi connectivity index (χ0n) is 8.30. The maximum absolute atomic E-state index is 4.07. The second-order valence-corrected chi connectivity index (χ2v) is 3.90. The van der Waals surface area contributed by atoms with Crippen LogP contribution in [0.4, 0.5) is 5.82 Å². The van der Waals surface area contributed by atoms with E-state index in [1.165, 1.54) is 19.3 Å². The molecule has 2 heterocycles. The molecule has 0 saturated heterocycles. The van der Waals surface area contributed by atoms with Crippen molar-refractivity contribution in [1.29, 1.82) is 0 Å². The van der Waals surface area contributed by atoms with Crippen LogP contribution in [0.2, 0.25) is 0 Å². The third kappa shape index (κ3) is 1.74. The van der Waals surface area contributed by atoms with E-state index in [1.54, 1.807) is 16.9 Å². The van der Waals surface area contributed by atoms with E-state index in [2.05, 4.69) is 25.8 Å². The molecular formula is C9H12N6. The van der Waals surface area contributed by atoms with Crippen LogP contribution in [0, 0.1) is 5.92 Å². The van der Waals surface area contributed by atoms with Gasteiger partial charge in [0.15, 0.2) is 5.65 Å². The van der Waals surface area contributed by atoms with E-state index in [0.29, 0.717) is 5.65 Å². The first kappa shape index (κ1) is 8.58. The molecule has 0 aromatic carbocycles. The largest absolute Gasteiger partial charge is 0.369 e. The average Bonchev–Trinajstić information content (AvgIpc) is 2.95. The van der Waals surface area contributed by atoms with Crippen molar-refractivity contribution in [2.75, 3.05) is 11.9 Å². The van der Waals surface area contributed by atoms with Gasteiger partial charge in [-0.25, -0.2) is 0 Å². The van der Waals surface area contributed by atoms with Gasteiger partial charge in [-0.15, -0.1) is 5.10 Å². The van der Waals surface area contributed by atoms with Gasteiger partial charge in [-0.3, -0.25) is 4.98 Å². The Hall–Kier alpha value is -1.72. The number of aromatic nitrogens is 5. The number of tetrazole rings is 1. The molecule has 15 heavy (non-hydrogen) atoms. The Labute approximate surface area is 86.7 Å². The van der Waals surface area contributed by atoms with Crippen molar-refractivity contribution in [2.24, 2.45) is 5.92 Å². The molecule has 0 bridgehead atoms. The Kier molecular flexibility index (Phi) is 1.97. The second-order valence-electron chi connectivity index (χ2n) is 3.90. The molecule has 0 atom stereocenters. The first-order valence-corrected chi connectivity index (χ1v) is 5.19. The minimum Gasteiger partial charge on any atom is -0.369 e. The van der Waals surface area contributed by atoms with E-state index in [0.717, 1.165) is 18.3 Å². The van der Waals surface area contributed by atoms with Gasteiger partial charge in [0, 0.05) is 6.54 Å². The van der Waals surface area contributed by atoms with Gasteiger partial charge in [0.2, 0.25) is 0 Å². The van der Waals surface area contributed by atoms with Crippen LogP contribution in [0.3, 0.4) is 0 Å². The number of hydrogen-bond acceptors (Lipinski definition) is 5. The Morgan fingerprint density at radius 2 is 2.33 bits per heavy atom. The molecule has 1 aliphatic rings. The zero-order valence-corrected chi connectivity index (χ0v) is 8.30. The molecule has 1 aliphatic carbocycles. The predicted molar refractivity (Wildman–Crippen MR) is 54.4 cm³/mol. The number of hydrogen-bond donors (Lipinski definition) is 1. The van der Waals surface area contributed by atoms with E-state index in [-0.39, 0.29) is 0 Å². The maximum atomic E-state index is 4.07. The predicted octanol–water partition coefficient (Wildman–Crippen LogP) is 0.731. The second kappa shape index (κ2) is 3.45. The molecule has 0 spiro atoms. The van der Waals surface area contributed by atoms with Crippen molar-refractivity contribution in [2.45, 2.75) is 19.3 Å². The summed E-state index contributed by atoms with van der Waals surface area (Å²) in [7, 11) is 0. The van der Waals surface area contributed by atoms with Gasteiger partial charge in [-0.2, -0.15) is 4.52 Å². The lowest BCUT2D eigenvalue weighted by atomic mass is 10.3. The highest BCUT2D eigenvalue weighted by Gasteiger charge is 2.20. The summed E-state index contributed by atoms with van der Waals surface area (Å²) in [6.45, 7) is 0.964. The van der Waals surface area contributed by atoms with Crippen molar-refractivity contribution >= 4 is 11.5 Å². The molecule has 78 valence electrons. The first-order valence-electron chi connectivity index (χ1n) is 5.19. The Bertz CT molecular complexity index is 460. The summed E-state index contributed by atoms with van der Waals surface area (Å²) in [6.07, 6.45) is 7.38. The molecule has 1 fully saturated rings. The highest BCUT2D eigenvalue weighted by atomic mass is 15.5. The molecule has 1 N–H and O–H groups in total. The average molecular weight is 204 g/mol. The molecule has 0 aliphatic heterocycles.